The van der Waals surface area contributed by atoms with Crippen LogP contribution in [0.3, 0.4) is 0 Å². The molecule has 0 unspecified atom stereocenters. The van der Waals surface area contributed by atoms with E-state index in [4.69, 9.17) is 16.3 Å². The molecule has 0 heterocycles. The summed E-state index contributed by atoms with van der Waals surface area (Å²) < 4.78 is 32.9. The van der Waals surface area contributed by atoms with Crippen LogP contribution in [-0.2, 0) is 15.8 Å². The van der Waals surface area contributed by atoms with Crippen molar-refractivity contribution in [2.24, 2.45) is 0 Å². The predicted molar refractivity (Wildman–Crippen MR) is 105 cm³/mol. The van der Waals surface area contributed by atoms with Crippen molar-refractivity contribution < 1.29 is 13.2 Å². The number of thioether (sulfide) groups is 1. The molecule has 136 valence electrons. The summed E-state index contributed by atoms with van der Waals surface area (Å²) in [7, 11) is -1.95. The zero-order valence-electron chi connectivity index (χ0n) is 14.5. The molecule has 0 saturated heterocycles. The highest BCUT2D eigenvalue weighted by atomic mass is 35.5. The van der Waals surface area contributed by atoms with Crippen LogP contribution in [-0.4, -0.2) is 27.8 Å². The molecule has 0 aliphatic heterocycles. The van der Waals surface area contributed by atoms with Crippen LogP contribution in [0.1, 0.15) is 16.7 Å². The summed E-state index contributed by atoms with van der Waals surface area (Å²) in [6.07, 6.45) is 0. The number of methoxy groups -OCH3 is 1. The van der Waals surface area contributed by atoms with E-state index in [1.165, 1.54) is 5.56 Å². The van der Waals surface area contributed by atoms with Gasteiger partial charge in [0.25, 0.3) is 0 Å². The fraction of sp³-hybridized carbons (Fsp3) is 0.333. The monoisotopic (exact) mass is 399 g/mol. The van der Waals surface area contributed by atoms with Crippen LogP contribution in [0.5, 0.6) is 5.75 Å². The van der Waals surface area contributed by atoms with Gasteiger partial charge in [-0.2, -0.15) is 11.8 Å². The average molecular weight is 400 g/mol. The summed E-state index contributed by atoms with van der Waals surface area (Å²) in [5.74, 6) is 2.20. The second kappa shape index (κ2) is 8.94. The van der Waals surface area contributed by atoms with Crippen LogP contribution in [0.4, 0.5) is 0 Å². The Labute approximate surface area is 159 Å². The predicted octanol–water partition coefficient (Wildman–Crippen LogP) is 4.18. The number of rotatable bonds is 8. The van der Waals surface area contributed by atoms with Gasteiger partial charge >= 0.3 is 0 Å². The van der Waals surface area contributed by atoms with E-state index < -0.39 is 10.0 Å². The second-order valence-electron chi connectivity index (χ2n) is 5.66. The molecule has 2 rings (SSSR count). The van der Waals surface area contributed by atoms with Gasteiger partial charge in [0.2, 0.25) is 10.0 Å². The molecule has 0 atom stereocenters. The number of sulfonamides is 1. The summed E-state index contributed by atoms with van der Waals surface area (Å²) in [4.78, 5) is 0.300. The Hall–Kier alpha value is -1.21. The third-order valence-corrected chi connectivity index (χ3v) is 6.59. The summed E-state index contributed by atoms with van der Waals surface area (Å²) in [5, 5.41) is 0.715. The largest absolute Gasteiger partial charge is 0.496 e. The van der Waals surface area contributed by atoms with E-state index in [9.17, 15) is 8.42 Å². The van der Waals surface area contributed by atoms with Crippen molar-refractivity contribution in [3.63, 3.8) is 0 Å². The van der Waals surface area contributed by atoms with Crippen LogP contribution in [0, 0.1) is 13.8 Å². The lowest BCUT2D eigenvalue weighted by Gasteiger charge is -2.12. The van der Waals surface area contributed by atoms with E-state index in [-0.39, 0.29) is 0 Å². The number of nitrogens with one attached hydrogen (secondary N) is 1. The van der Waals surface area contributed by atoms with E-state index >= 15 is 0 Å². The average Bonchev–Trinajstić information content (AvgIpc) is 2.57. The third-order valence-electron chi connectivity index (χ3n) is 3.70. The maximum atomic E-state index is 12.5. The number of aryl methyl sites for hydroxylation is 2. The Bertz CT molecular complexity index is 821. The summed E-state index contributed by atoms with van der Waals surface area (Å²) >= 11 is 7.53. The van der Waals surface area contributed by atoms with Gasteiger partial charge in [-0.05, 0) is 54.8 Å². The Balaban J connectivity index is 1.89. The van der Waals surface area contributed by atoms with Gasteiger partial charge < -0.3 is 4.74 Å². The molecular weight excluding hydrogens is 378 g/mol. The van der Waals surface area contributed by atoms with Crippen molar-refractivity contribution in [3.05, 3.63) is 58.1 Å². The number of ether oxygens (including phenoxy) is 1. The molecular formula is C18H22ClNO3S2. The molecule has 2 aromatic carbocycles. The highest BCUT2D eigenvalue weighted by Crippen LogP contribution is 2.25. The quantitative estimate of drug-likeness (QED) is 0.676. The topological polar surface area (TPSA) is 55.4 Å². The lowest BCUT2D eigenvalue weighted by atomic mass is 10.1. The number of hydrogen-bond donors (Lipinski definition) is 1. The third kappa shape index (κ3) is 5.64. The molecule has 4 nitrogen and oxygen atoms in total. The van der Waals surface area contributed by atoms with Crippen LogP contribution in [0.2, 0.25) is 5.02 Å². The van der Waals surface area contributed by atoms with Gasteiger partial charge in [-0.3, -0.25) is 0 Å². The first-order chi connectivity index (χ1) is 11.8. The van der Waals surface area contributed by atoms with Gasteiger partial charge in [-0.25, -0.2) is 13.1 Å². The fourth-order valence-electron chi connectivity index (χ4n) is 2.37. The molecule has 0 fully saturated rings. The molecule has 0 radical (unpaired) electrons. The maximum absolute atomic E-state index is 12.5. The van der Waals surface area contributed by atoms with Crippen molar-refractivity contribution in [2.45, 2.75) is 24.5 Å². The van der Waals surface area contributed by atoms with Gasteiger partial charge in [-0.1, -0.05) is 23.7 Å². The lowest BCUT2D eigenvalue weighted by Crippen LogP contribution is -2.26. The zero-order chi connectivity index (χ0) is 18.4. The second-order valence-corrected chi connectivity index (χ2v) is 8.94. The highest BCUT2D eigenvalue weighted by Gasteiger charge is 2.18. The van der Waals surface area contributed by atoms with Gasteiger partial charge in [0.05, 0.1) is 12.0 Å². The Morgan fingerprint density at radius 1 is 1.12 bits per heavy atom. The standard InChI is InChI=1S/C18H22ClNO3S2/c1-13-11-18(14(2)10-17(13)23-3)25(21,22)20-8-9-24-12-15-4-6-16(19)7-5-15/h4-7,10-11,20H,8-9,12H2,1-3H3. The first-order valence-electron chi connectivity index (χ1n) is 7.80. The molecule has 0 aromatic heterocycles. The minimum Gasteiger partial charge on any atom is -0.496 e. The number of benzene rings is 2. The Morgan fingerprint density at radius 2 is 1.80 bits per heavy atom. The van der Waals surface area contributed by atoms with Gasteiger partial charge in [0.15, 0.2) is 0 Å². The van der Waals surface area contributed by atoms with Gasteiger partial charge in [0, 0.05) is 23.1 Å². The molecule has 0 amide bonds. The first kappa shape index (κ1) is 20.1. The number of hydrogen-bond acceptors (Lipinski definition) is 4. The van der Waals surface area contributed by atoms with Gasteiger partial charge in [-0.15, -0.1) is 0 Å². The van der Waals surface area contributed by atoms with Crippen molar-refractivity contribution in [3.8, 4) is 5.75 Å². The fourth-order valence-corrected chi connectivity index (χ4v) is 4.78. The van der Waals surface area contributed by atoms with Crippen LogP contribution >= 0.6 is 23.4 Å². The van der Waals surface area contributed by atoms with Crippen LogP contribution < -0.4 is 9.46 Å². The summed E-state index contributed by atoms with van der Waals surface area (Å²) in [6.45, 7) is 3.98. The van der Waals surface area contributed by atoms with E-state index in [0.29, 0.717) is 33.5 Å². The van der Waals surface area contributed by atoms with Crippen molar-refractivity contribution in [1.29, 1.82) is 0 Å². The van der Waals surface area contributed by atoms with E-state index in [0.717, 1.165) is 11.3 Å². The minimum absolute atomic E-state index is 0.300. The maximum Gasteiger partial charge on any atom is 0.240 e. The minimum atomic E-state index is -3.53. The Morgan fingerprint density at radius 3 is 2.44 bits per heavy atom. The van der Waals surface area contributed by atoms with E-state index in [1.54, 1.807) is 37.9 Å². The highest BCUT2D eigenvalue weighted by molar-refractivity contribution is 7.98. The van der Waals surface area contributed by atoms with Crippen molar-refractivity contribution in [1.82, 2.24) is 4.72 Å². The number of halogens is 1. The normalized spacial score (nSPS) is 11.5. The van der Waals surface area contributed by atoms with Crippen molar-refractivity contribution in [2.75, 3.05) is 19.4 Å². The summed E-state index contributed by atoms with van der Waals surface area (Å²) in [6, 6.07) is 11.1. The molecule has 25 heavy (non-hydrogen) atoms. The van der Waals surface area contributed by atoms with Crippen molar-refractivity contribution >= 4 is 33.4 Å². The molecule has 7 heteroatoms. The molecule has 1 N–H and O–H groups in total. The first-order valence-corrected chi connectivity index (χ1v) is 10.8. The van der Waals surface area contributed by atoms with Crippen LogP contribution in [0.15, 0.2) is 41.3 Å². The smallest absolute Gasteiger partial charge is 0.240 e. The van der Waals surface area contributed by atoms with Gasteiger partial charge in [0.1, 0.15) is 5.75 Å². The summed E-state index contributed by atoms with van der Waals surface area (Å²) in [5.41, 5.74) is 2.63. The molecule has 0 aliphatic carbocycles. The molecule has 0 saturated carbocycles. The van der Waals surface area contributed by atoms with E-state index in [2.05, 4.69) is 4.72 Å². The zero-order valence-corrected chi connectivity index (χ0v) is 16.9. The molecule has 0 bridgehead atoms. The van der Waals surface area contributed by atoms with Crippen LogP contribution in [0.25, 0.3) is 0 Å². The Kier molecular flexibility index (Phi) is 7.19. The lowest BCUT2D eigenvalue weighted by molar-refractivity contribution is 0.411. The van der Waals surface area contributed by atoms with E-state index in [1.807, 2.05) is 31.2 Å². The molecule has 0 aliphatic rings. The SMILES string of the molecule is COc1cc(C)c(S(=O)(=O)NCCSCc2ccc(Cl)cc2)cc1C. The molecule has 2 aromatic rings. The molecule has 0 spiro atoms.